The average Bonchev–Trinajstić information content (AvgIpc) is 3.13. The van der Waals surface area contributed by atoms with E-state index in [1.54, 1.807) is 12.3 Å². The van der Waals surface area contributed by atoms with Crippen LogP contribution in [0.1, 0.15) is 0 Å². The molecule has 0 radical (unpaired) electrons. The van der Waals surface area contributed by atoms with Crippen LogP contribution >= 0.6 is 11.6 Å². The molecule has 0 saturated carbocycles. The van der Waals surface area contributed by atoms with Crippen LogP contribution in [-0.2, 0) is 0 Å². The van der Waals surface area contributed by atoms with Gasteiger partial charge in [0, 0.05) is 22.8 Å². The molecular formula is C17H11ClFN5. The maximum atomic E-state index is 13.3. The van der Waals surface area contributed by atoms with Crippen molar-refractivity contribution in [1.29, 1.82) is 0 Å². The molecule has 118 valence electrons. The monoisotopic (exact) mass is 339 g/mol. The van der Waals surface area contributed by atoms with E-state index in [1.807, 2.05) is 24.3 Å². The van der Waals surface area contributed by atoms with Crippen molar-refractivity contribution < 1.29 is 4.39 Å². The topological polar surface area (TPSA) is 66.5 Å². The van der Waals surface area contributed by atoms with Crippen LogP contribution in [0, 0.1) is 5.82 Å². The number of nitrogens with one attached hydrogen (secondary N) is 2. The van der Waals surface area contributed by atoms with Crippen molar-refractivity contribution in [3.8, 4) is 11.3 Å². The number of benzene rings is 2. The van der Waals surface area contributed by atoms with Crippen LogP contribution < -0.4 is 5.32 Å². The lowest BCUT2D eigenvalue weighted by atomic mass is 10.1. The molecule has 0 saturated heterocycles. The lowest BCUT2D eigenvalue weighted by Gasteiger charge is -2.10. The zero-order chi connectivity index (χ0) is 16.5. The van der Waals surface area contributed by atoms with E-state index in [9.17, 15) is 4.39 Å². The summed E-state index contributed by atoms with van der Waals surface area (Å²) in [6.07, 6.45) is 3.17. The van der Waals surface area contributed by atoms with Gasteiger partial charge in [0.1, 0.15) is 18.0 Å². The van der Waals surface area contributed by atoms with Gasteiger partial charge in [-0.1, -0.05) is 17.7 Å². The summed E-state index contributed by atoms with van der Waals surface area (Å²) in [5.74, 6) is 0.153. The lowest BCUT2D eigenvalue weighted by molar-refractivity contribution is 0.628. The molecule has 0 bridgehead atoms. The molecule has 4 aromatic rings. The molecule has 0 atom stereocenters. The Morgan fingerprint density at radius 2 is 1.96 bits per heavy atom. The number of aromatic amines is 1. The molecular weight excluding hydrogens is 329 g/mol. The van der Waals surface area contributed by atoms with Gasteiger partial charge in [0.05, 0.1) is 16.2 Å². The molecule has 4 rings (SSSR count). The van der Waals surface area contributed by atoms with E-state index in [4.69, 9.17) is 11.6 Å². The second-order valence-corrected chi connectivity index (χ2v) is 5.59. The predicted molar refractivity (Wildman–Crippen MR) is 91.8 cm³/mol. The van der Waals surface area contributed by atoms with Crippen LogP contribution in [0.3, 0.4) is 0 Å². The van der Waals surface area contributed by atoms with Gasteiger partial charge in [0.15, 0.2) is 0 Å². The Bertz CT molecular complexity index is 1020. The summed E-state index contributed by atoms with van der Waals surface area (Å²) in [4.78, 5) is 8.57. The summed E-state index contributed by atoms with van der Waals surface area (Å²) < 4.78 is 13.3. The lowest BCUT2D eigenvalue weighted by Crippen LogP contribution is -1.96. The number of halogens is 2. The highest BCUT2D eigenvalue weighted by Crippen LogP contribution is 2.28. The molecule has 0 spiro atoms. The summed E-state index contributed by atoms with van der Waals surface area (Å²) >= 11 is 5.83. The minimum absolute atomic E-state index is 0.0523. The average molecular weight is 340 g/mol. The van der Waals surface area contributed by atoms with Crippen molar-refractivity contribution in [1.82, 2.24) is 20.2 Å². The first-order valence-corrected chi connectivity index (χ1v) is 7.55. The zero-order valence-electron chi connectivity index (χ0n) is 12.3. The SMILES string of the molecule is Fc1ccc(Nc2ncnc3ccc(-c4ccn[nH]4)cc23)cc1Cl. The molecule has 24 heavy (non-hydrogen) atoms. The number of fused-ring (bicyclic) bond motifs is 1. The Morgan fingerprint density at radius 1 is 1.04 bits per heavy atom. The first-order valence-electron chi connectivity index (χ1n) is 7.17. The van der Waals surface area contributed by atoms with Crippen molar-refractivity contribution in [2.75, 3.05) is 5.32 Å². The Kier molecular flexibility index (Phi) is 3.59. The van der Waals surface area contributed by atoms with E-state index < -0.39 is 5.82 Å². The molecule has 7 heteroatoms. The van der Waals surface area contributed by atoms with E-state index in [0.29, 0.717) is 11.5 Å². The van der Waals surface area contributed by atoms with Gasteiger partial charge in [-0.05, 0) is 36.4 Å². The molecule has 0 unspecified atom stereocenters. The summed E-state index contributed by atoms with van der Waals surface area (Å²) in [6, 6.07) is 12.2. The fraction of sp³-hybridized carbons (Fsp3) is 0. The second kappa shape index (κ2) is 5.90. The Hall–Kier alpha value is -2.99. The fourth-order valence-electron chi connectivity index (χ4n) is 2.45. The largest absolute Gasteiger partial charge is 0.340 e. The third-order valence-corrected chi connectivity index (χ3v) is 3.92. The number of hydrogen-bond donors (Lipinski definition) is 2. The van der Waals surface area contributed by atoms with Crippen LogP contribution in [-0.4, -0.2) is 20.2 Å². The van der Waals surface area contributed by atoms with E-state index >= 15 is 0 Å². The summed E-state index contributed by atoms with van der Waals surface area (Å²) in [7, 11) is 0. The Morgan fingerprint density at radius 3 is 2.75 bits per heavy atom. The summed E-state index contributed by atoms with van der Waals surface area (Å²) in [6.45, 7) is 0. The van der Waals surface area contributed by atoms with Crippen LogP contribution in [0.25, 0.3) is 22.2 Å². The van der Waals surface area contributed by atoms with Gasteiger partial charge >= 0.3 is 0 Å². The highest BCUT2D eigenvalue weighted by molar-refractivity contribution is 6.31. The minimum Gasteiger partial charge on any atom is -0.340 e. The summed E-state index contributed by atoms with van der Waals surface area (Å²) in [5.41, 5.74) is 3.31. The molecule has 0 aliphatic rings. The van der Waals surface area contributed by atoms with Gasteiger partial charge in [0.25, 0.3) is 0 Å². The smallest absolute Gasteiger partial charge is 0.141 e. The maximum absolute atomic E-state index is 13.3. The van der Waals surface area contributed by atoms with Crippen molar-refractivity contribution in [2.45, 2.75) is 0 Å². The van der Waals surface area contributed by atoms with Crippen LogP contribution in [0.5, 0.6) is 0 Å². The van der Waals surface area contributed by atoms with Gasteiger partial charge in [-0.15, -0.1) is 0 Å². The van der Waals surface area contributed by atoms with Crippen molar-refractivity contribution in [3.05, 3.63) is 65.8 Å². The molecule has 0 aliphatic heterocycles. The summed E-state index contributed by atoms with van der Waals surface area (Å²) in [5, 5.41) is 10.9. The van der Waals surface area contributed by atoms with Crippen LogP contribution in [0.4, 0.5) is 15.9 Å². The van der Waals surface area contributed by atoms with E-state index in [2.05, 4.69) is 25.5 Å². The third kappa shape index (κ3) is 2.68. The fourth-order valence-corrected chi connectivity index (χ4v) is 2.63. The first-order chi connectivity index (χ1) is 11.7. The maximum Gasteiger partial charge on any atom is 0.141 e. The number of H-pyrrole nitrogens is 1. The van der Waals surface area contributed by atoms with E-state index in [1.165, 1.54) is 18.5 Å². The van der Waals surface area contributed by atoms with Crippen molar-refractivity contribution >= 4 is 34.0 Å². The number of nitrogens with zero attached hydrogens (tertiary/aromatic N) is 3. The second-order valence-electron chi connectivity index (χ2n) is 5.18. The molecule has 2 heterocycles. The predicted octanol–water partition coefficient (Wildman–Crippen LogP) is 4.56. The van der Waals surface area contributed by atoms with Crippen molar-refractivity contribution in [2.24, 2.45) is 0 Å². The van der Waals surface area contributed by atoms with Crippen molar-refractivity contribution in [3.63, 3.8) is 0 Å². The first kappa shape index (κ1) is 14.6. The number of rotatable bonds is 3. The normalized spacial score (nSPS) is 10.9. The van der Waals surface area contributed by atoms with Gasteiger partial charge < -0.3 is 5.32 Å². The van der Waals surface area contributed by atoms with Crippen LogP contribution in [0.15, 0.2) is 55.0 Å². The standard InChI is InChI=1S/C17H11ClFN5/c18-13-8-11(2-3-14(13)19)23-17-12-7-10(15-5-6-22-24-15)1-4-16(12)20-9-21-17/h1-9H,(H,22,24)(H,20,21,23). The number of hydrogen-bond acceptors (Lipinski definition) is 4. The quantitative estimate of drug-likeness (QED) is 0.574. The highest BCUT2D eigenvalue weighted by atomic mass is 35.5. The number of anilines is 2. The van der Waals surface area contributed by atoms with E-state index in [0.717, 1.165) is 22.2 Å². The molecule has 0 aliphatic carbocycles. The Labute approximate surface area is 141 Å². The zero-order valence-corrected chi connectivity index (χ0v) is 13.0. The molecule has 0 fully saturated rings. The van der Waals surface area contributed by atoms with Gasteiger partial charge in [-0.25, -0.2) is 14.4 Å². The van der Waals surface area contributed by atoms with Gasteiger partial charge in [0.2, 0.25) is 0 Å². The minimum atomic E-state index is -0.462. The van der Waals surface area contributed by atoms with Crippen LogP contribution in [0.2, 0.25) is 5.02 Å². The highest BCUT2D eigenvalue weighted by Gasteiger charge is 2.08. The molecule has 5 nitrogen and oxygen atoms in total. The third-order valence-electron chi connectivity index (χ3n) is 3.63. The van der Waals surface area contributed by atoms with E-state index in [-0.39, 0.29) is 5.02 Å². The molecule has 2 aromatic carbocycles. The van der Waals surface area contributed by atoms with Gasteiger partial charge in [-0.3, -0.25) is 5.10 Å². The molecule has 0 amide bonds. The molecule has 2 aromatic heterocycles. The van der Waals surface area contributed by atoms with Gasteiger partial charge in [-0.2, -0.15) is 5.10 Å². The Balaban J connectivity index is 1.79. The number of aromatic nitrogens is 4. The molecule has 2 N–H and O–H groups in total.